The molecule has 1 fully saturated rings. The van der Waals surface area contributed by atoms with Gasteiger partial charge in [-0.05, 0) is 13.8 Å². The number of Topliss-reactive ketones (excluding diaryl/α,β-unsaturated/α-hetero) is 1. The van der Waals surface area contributed by atoms with Gasteiger partial charge in [-0.25, -0.2) is 0 Å². The lowest BCUT2D eigenvalue weighted by Gasteiger charge is -2.31. The van der Waals surface area contributed by atoms with E-state index in [4.69, 9.17) is 0 Å². The van der Waals surface area contributed by atoms with E-state index in [2.05, 4.69) is 4.90 Å². The van der Waals surface area contributed by atoms with Crippen LogP contribution in [0.25, 0.3) is 0 Å². The van der Waals surface area contributed by atoms with E-state index in [1.54, 1.807) is 0 Å². The molecule has 2 nitrogen and oxygen atoms in total. The quantitative estimate of drug-likeness (QED) is 0.768. The molecule has 1 aliphatic heterocycles. The molecule has 0 radical (unpaired) electrons. The van der Waals surface area contributed by atoms with Gasteiger partial charge in [0.05, 0.1) is 6.04 Å². The fourth-order valence-corrected chi connectivity index (χ4v) is 3.02. The van der Waals surface area contributed by atoms with Gasteiger partial charge >= 0.3 is 0 Å². The Hall–Kier alpha value is -0.800. The van der Waals surface area contributed by atoms with Crippen LogP contribution in [0, 0.1) is 6.92 Å². The van der Waals surface area contributed by atoms with Gasteiger partial charge in [-0.15, -0.1) is 0 Å². The Morgan fingerprint density at radius 3 is 2.41 bits per heavy atom. The van der Waals surface area contributed by atoms with E-state index in [0.717, 1.165) is 30.2 Å². The molecule has 17 heavy (non-hydrogen) atoms. The smallest absolute Gasteiger partial charge is 0.179 e. The Kier molecular flexibility index (Phi) is 4.24. The van der Waals surface area contributed by atoms with Crippen molar-refractivity contribution in [2.45, 2.75) is 19.9 Å². The van der Waals surface area contributed by atoms with Gasteiger partial charge < -0.3 is 0 Å². The number of carbonyl (C=O) groups is 1. The van der Waals surface area contributed by atoms with E-state index in [-0.39, 0.29) is 11.8 Å². The summed E-state index contributed by atoms with van der Waals surface area (Å²) in [6.07, 6.45) is 0. The first kappa shape index (κ1) is 12.7. The van der Waals surface area contributed by atoms with Crippen LogP contribution in [-0.2, 0) is 0 Å². The Bertz CT molecular complexity index is 382. The van der Waals surface area contributed by atoms with Gasteiger partial charge in [-0.1, -0.05) is 29.8 Å². The predicted octanol–water partition coefficient (Wildman–Crippen LogP) is 2.62. The summed E-state index contributed by atoms with van der Waals surface area (Å²) in [6.45, 7) is 6.13. The lowest BCUT2D eigenvalue weighted by molar-refractivity contribution is 0.0851. The zero-order valence-corrected chi connectivity index (χ0v) is 11.3. The maximum absolute atomic E-state index is 12.3. The number of aryl methyl sites for hydroxylation is 1. The zero-order chi connectivity index (χ0) is 12.3. The Balaban J connectivity index is 2.05. The molecule has 92 valence electrons. The maximum Gasteiger partial charge on any atom is 0.179 e. The highest BCUT2D eigenvalue weighted by molar-refractivity contribution is 7.99. The predicted molar refractivity (Wildman–Crippen MR) is 73.9 cm³/mol. The van der Waals surface area contributed by atoms with Crippen molar-refractivity contribution >= 4 is 17.5 Å². The number of nitrogens with zero attached hydrogens (tertiary/aromatic N) is 1. The molecular weight excluding hydrogens is 230 g/mol. The van der Waals surface area contributed by atoms with Gasteiger partial charge in [0.15, 0.2) is 5.78 Å². The van der Waals surface area contributed by atoms with Gasteiger partial charge in [-0.2, -0.15) is 11.8 Å². The molecule has 0 aromatic heterocycles. The number of thioether (sulfide) groups is 1. The second-order valence-corrected chi connectivity index (χ2v) is 5.78. The average molecular weight is 249 g/mol. The van der Waals surface area contributed by atoms with E-state index in [1.165, 1.54) is 5.56 Å². The summed E-state index contributed by atoms with van der Waals surface area (Å²) in [5.41, 5.74) is 2.03. The Morgan fingerprint density at radius 2 is 1.82 bits per heavy atom. The third-order valence-electron chi connectivity index (χ3n) is 3.31. The largest absolute Gasteiger partial charge is 0.292 e. The van der Waals surface area contributed by atoms with Gasteiger partial charge in [0.1, 0.15) is 0 Å². The molecule has 1 unspecified atom stereocenters. The van der Waals surface area contributed by atoms with Crippen molar-refractivity contribution in [3.8, 4) is 0 Å². The second-order valence-electron chi connectivity index (χ2n) is 4.55. The topological polar surface area (TPSA) is 20.3 Å². The highest BCUT2D eigenvalue weighted by Gasteiger charge is 2.23. The number of rotatable bonds is 3. The van der Waals surface area contributed by atoms with Crippen LogP contribution in [0.5, 0.6) is 0 Å². The van der Waals surface area contributed by atoms with Crippen LogP contribution in [-0.4, -0.2) is 41.3 Å². The van der Waals surface area contributed by atoms with E-state index in [1.807, 2.05) is 49.9 Å². The second kappa shape index (κ2) is 5.69. The SMILES string of the molecule is Cc1ccc(C(=O)C(C)N2CCSCC2)cc1. The van der Waals surface area contributed by atoms with Gasteiger partial charge in [0.25, 0.3) is 0 Å². The first-order valence-electron chi connectivity index (χ1n) is 6.11. The van der Waals surface area contributed by atoms with Crippen molar-refractivity contribution in [2.75, 3.05) is 24.6 Å². The zero-order valence-electron chi connectivity index (χ0n) is 10.5. The first-order valence-corrected chi connectivity index (χ1v) is 7.26. The molecule has 0 bridgehead atoms. The van der Waals surface area contributed by atoms with E-state index < -0.39 is 0 Å². The fourth-order valence-electron chi connectivity index (χ4n) is 2.09. The monoisotopic (exact) mass is 249 g/mol. The summed E-state index contributed by atoms with van der Waals surface area (Å²) in [4.78, 5) is 14.6. The number of ketones is 1. The molecule has 1 saturated heterocycles. The summed E-state index contributed by atoms with van der Waals surface area (Å²) in [5, 5.41) is 0. The molecule has 1 aromatic carbocycles. The van der Waals surface area contributed by atoms with Crippen molar-refractivity contribution in [1.82, 2.24) is 4.90 Å². The lowest BCUT2D eigenvalue weighted by atomic mass is 10.0. The molecule has 1 aliphatic rings. The average Bonchev–Trinajstić information content (AvgIpc) is 2.39. The van der Waals surface area contributed by atoms with Crippen LogP contribution in [0.4, 0.5) is 0 Å². The van der Waals surface area contributed by atoms with Gasteiger partial charge in [0, 0.05) is 30.2 Å². The molecule has 0 amide bonds. The fraction of sp³-hybridized carbons (Fsp3) is 0.500. The molecule has 1 heterocycles. The molecule has 0 aliphatic carbocycles. The van der Waals surface area contributed by atoms with Gasteiger partial charge in [0.2, 0.25) is 0 Å². The van der Waals surface area contributed by atoms with E-state index >= 15 is 0 Å². The van der Waals surface area contributed by atoms with Crippen molar-refractivity contribution in [1.29, 1.82) is 0 Å². The van der Waals surface area contributed by atoms with Gasteiger partial charge in [-0.3, -0.25) is 9.69 Å². The summed E-state index contributed by atoms with van der Waals surface area (Å²) in [5.74, 6) is 2.54. The highest BCUT2D eigenvalue weighted by Crippen LogP contribution is 2.15. The molecule has 1 aromatic rings. The standard InChI is InChI=1S/C14H19NOS/c1-11-3-5-13(6-4-11)14(16)12(2)15-7-9-17-10-8-15/h3-6,12H,7-10H2,1-2H3. The summed E-state index contributed by atoms with van der Waals surface area (Å²) in [7, 11) is 0. The first-order chi connectivity index (χ1) is 8.18. The minimum absolute atomic E-state index is 0.0126. The van der Waals surface area contributed by atoms with Crippen LogP contribution in [0.1, 0.15) is 22.8 Å². The highest BCUT2D eigenvalue weighted by atomic mass is 32.2. The number of hydrogen-bond acceptors (Lipinski definition) is 3. The van der Waals surface area contributed by atoms with E-state index in [9.17, 15) is 4.79 Å². The minimum atomic E-state index is 0.0126. The Labute approximate surface area is 107 Å². The normalized spacial score (nSPS) is 18.9. The third-order valence-corrected chi connectivity index (χ3v) is 4.25. The van der Waals surface area contributed by atoms with Crippen molar-refractivity contribution < 1.29 is 4.79 Å². The van der Waals surface area contributed by atoms with Crippen LogP contribution < -0.4 is 0 Å². The van der Waals surface area contributed by atoms with Crippen molar-refractivity contribution in [3.63, 3.8) is 0 Å². The lowest BCUT2D eigenvalue weighted by Crippen LogP contribution is -2.43. The third kappa shape index (κ3) is 3.11. The molecule has 0 N–H and O–H groups in total. The van der Waals surface area contributed by atoms with Crippen LogP contribution in [0.15, 0.2) is 24.3 Å². The van der Waals surface area contributed by atoms with Crippen molar-refractivity contribution in [3.05, 3.63) is 35.4 Å². The summed E-state index contributed by atoms with van der Waals surface area (Å²) >= 11 is 1.97. The molecule has 3 heteroatoms. The van der Waals surface area contributed by atoms with Crippen LogP contribution in [0.3, 0.4) is 0 Å². The molecule has 1 atom stereocenters. The summed E-state index contributed by atoms with van der Waals surface area (Å²) in [6, 6.07) is 7.90. The maximum atomic E-state index is 12.3. The molecule has 0 spiro atoms. The van der Waals surface area contributed by atoms with E-state index in [0.29, 0.717) is 0 Å². The number of hydrogen-bond donors (Lipinski definition) is 0. The molecular formula is C14H19NOS. The number of benzene rings is 1. The summed E-state index contributed by atoms with van der Waals surface area (Å²) < 4.78 is 0. The molecule has 2 rings (SSSR count). The molecule has 0 saturated carbocycles. The van der Waals surface area contributed by atoms with Crippen molar-refractivity contribution in [2.24, 2.45) is 0 Å². The van der Waals surface area contributed by atoms with Crippen LogP contribution in [0.2, 0.25) is 0 Å². The number of carbonyl (C=O) groups excluding carboxylic acids is 1. The van der Waals surface area contributed by atoms with Crippen LogP contribution >= 0.6 is 11.8 Å². The Morgan fingerprint density at radius 1 is 1.24 bits per heavy atom. The minimum Gasteiger partial charge on any atom is -0.292 e.